The van der Waals surface area contributed by atoms with E-state index in [-0.39, 0.29) is 6.10 Å². The first-order valence-electron chi connectivity index (χ1n) is 11.2. The predicted octanol–water partition coefficient (Wildman–Crippen LogP) is 3.74. The maximum absolute atomic E-state index is 6.52. The average Bonchev–Trinajstić information content (AvgIpc) is 3.25. The number of methoxy groups -OCH3 is 2. The van der Waals surface area contributed by atoms with E-state index in [1.54, 1.807) is 14.2 Å². The lowest BCUT2D eigenvalue weighted by molar-refractivity contribution is -0.302. The Morgan fingerprint density at radius 1 is 0.970 bits per heavy atom. The molecule has 3 aliphatic rings. The zero-order chi connectivity index (χ0) is 23.9. The fourth-order valence-corrected chi connectivity index (χ4v) is 5.48. The van der Waals surface area contributed by atoms with E-state index in [1.807, 2.05) is 57.0 Å². The molecule has 3 aliphatic heterocycles. The molecule has 3 heterocycles. The minimum Gasteiger partial charge on any atom is -0.348 e. The predicted molar refractivity (Wildman–Crippen MR) is 124 cm³/mol. The largest absolute Gasteiger partial charge is 0.348 e. The van der Waals surface area contributed by atoms with E-state index in [2.05, 4.69) is 28.1 Å². The number of hydroxylamine groups is 2. The van der Waals surface area contributed by atoms with Crippen molar-refractivity contribution in [3.63, 3.8) is 0 Å². The van der Waals surface area contributed by atoms with Gasteiger partial charge in [-0.25, -0.2) is 0 Å². The lowest BCUT2D eigenvalue weighted by Crippen LogP contribution is -2.63. The summed E-state index contributed by atoms with van der Waals surface area (Å²) >= 11 is 3.68. The second-order valence-corrected chi connectivity index (χ2v) is 10.2. The summed E-state index contributed by atoms with van der Waals surface area (Å²) in [6.07, 6.45) is 0.601. The summed E-state index contributed by atoms with van der Waals surface area (Å²) in [4.78, 5) is 6.24. The number of benzene rings is 1. The van der Waals surface area contributed by atoms with Gasteiger partial charge in [0.25, 0.3) is 0 Å². The van der Waals surface area contributed by atoms with Gasteiger partial charge in [0.2, 0.25) is 5.79 Å². The molecule has 0 spiro atoms. The molecule has 0 saturated carbocycles. The van der Waals surface area contributed by atoms with E-state index in [0.29, 0.717) is 19.8 Å². The second-order valence-electron chi connectivity index (χ2n) is 9.36. The molecule has 1 aromatic rings. The highest BCUT2D eigenvalue weighted by Crippen LogP contribution is 2.45. The van der Waals surface area contributed by atoms with E-state index < -0.39 is 35.6 Å². The summed E-state index contributed by atoms with van der Waals surface area (Å²) in [5.41, 5.74) is 1.08. The van der Waals surface area contributed by atoms with Gasteiger partial charge in [0.15, 0.2) is 11.6 Å². The van der Waals surface area contributed by atoms with Crippen molar-refractivity contribution in [3.05, 3.63) is 46.5 Å². The topological polar surface area (TPSA) is 67.9 Å². The lowest BCUT2D eigenvalue weighted by Gasteiger charge is -2.45. The Labute approximate surface area is 204 Å². The van der Waals surface area contributed by atoms with E-state index in [0.717, 1.165) is 10.0 Å². The highest BCUT2D eigenvalue weighted by atomic mass is 79.9. The van der Waals surface area contributed by atoms with E-state index in [1.165, 1.54) is 0 Å². The Kier molecular flexibility index (Phi) is 7.37. The van der Waals surface area contributed by atoms with E-state index >= 15 is 0 Å². The van der Waals surface area contributed by atoms with Crippen LogP contribution >= 0.6 is 15.9 Å². The van der Waals surface area contributed by atoms with Gasteiger partial charge in [-0.1, -0.05) is 30.3 Å². The smallest absolute Gasteiger partial charge is 0.222 e. The first-order chi connectivity index (χ1) is 15.6. The molecule has 9 heteroatoms. The van der Waals surface area contributed by atoms with Gasteiger partial charge in [-0.05, 0) is 55.3 Å². The molecule has 8 nitrogen and oxygen atoms in total. The van der Waals surface area contributed by atoms with Crippen LogP contribution in [0.15, 0.2) is 40.9 Å². The molecule has 0 aromatic heterocycles. The van der Waals surface area contributed by atoms with Crippen LogP contribution in [0, 0.1) is 0 Å². The Balaban J connectivity index is 1.76. The normalized spacial score (nSPS) is 33.6. The van der Waals surface area contributed by atoms with Crippen LogP contribution in [0.5, 0.6) is 0 Å². The van der Waals surface area contributed by atoms with Gasteiger partial charge < -0.3 is 28.4 Å². The quantitative estimate of drug-likeness (QED) is 0.518. The summed E-state index contributed by atoms with van der Waals surface area (Å²) in [5, 5.41) is 1.87. The van der Waals surface area contributed by atoms with Crippen molar-refractivity contribution < 1.29 is 33.3 Å². The minimum absolute atomic E-state index is 0.331. The van der Waals surface area contributed by atoms with Gasteiger partial charge in [0.1, 0.15) is 24.4 Å². The zero-order valence-corrected chi connectivity index (χ0v) is 21.7. The number of ether oxygens (including phenoxy) is 6. The van der Waals surface area contributed by atoms with Crippen molar-refractivity contribution in [2.24, 2.45) is 0 Å². The maximum atomic E-state index is 6.52. The molecule has 1 aromatic carbocycles. The van der Waals surface area contributed by atoms with Gasteiger partial charge in [-0.15, -0.1) is 0 Å². The third kappa shape index (κ3) is 5.07. The highest BCUT2D eigenvalue weighted by molar-refractivity contribution is 9.11. The molecule has 4 rings (SSSR count). The van der Waals surface area contributed by atoms with Crippen LogP contribution in [0.3, 0.4) is 0 Å². The number of nitrogens with zero attached hydrogens (tertiary/aromatic N) is 1. The first-order valence-corrected chi connectivity index (χ1v) is 12.0. The Hall–Kier alpha value is -0.880. The van der Waals surface area contributed by atoms with Crippen molar-refractivity contribution >= 4 is 15.9 Å². The highest BCUT2D eigenvalue weighted by Gasteiger charge is 2.61. The minimum atomic E-state index is -1.20. The van der Waals surface area contributed by atoms with Crippen LogP contribution in [0.4, 0.5) is 0 Å². The number of rotatable bonds is 6. The lowest BCUT2D eigenvalue weighted by atomic mass is 9.93. The molecular formula is C24H34BrNO7. The van der Waals surface area contributed by atoms with Gasteiger partial charge in [-0.3, -0.25) is 4.84 Å². The molecule has 0 unspecified atom stereocenters. The fourth-order valence-electron chi connectivity index (χ4n) is 4.79. The number of halogens is 1. The number of hydrogen-bond donors (Lipinski definition) is 0. The molecule has 4 atom stereocenters. The monoisotopic (exact) mass is 527 g/mol. The van der Waals surface area contributed by atoms with Crippen molar-refractivity contribution in [2.45, 2.75) is 76.0 Å². The Morgan fingerprint density at radius 2 is 1.64 bits per heavy atom. The summed E-state index contributed by atoms with van der Waals surface area (Å²) in [6.45, 7) is 8.81. The molecule has 184 valence electrons. The van der Waals surface area contributed by atoms with Gasteiger partial charge >= 0.3 is 0 Å². The van der Waals surface area contributed by atoms with Crippen LogP contribution < -0.4 is 0 Å². The van der Waals surface area contributed by atoms with Gasteiger partial charge in [0, 0.05) is 20.8 Å². The maximum Gasteiger partial charge on any atom is 0.222 e. The molecule has 0 amide bonds. The van der Waals surface area contributed by atoms with Crippen LogP contribution in [0.2, 0.25) is 0 Å². The van der Waals surface area contributed by atoms with Crippen molar-refractivity contribution in [2.75, 3.05) is 27.4 Å². The molecule has 2 fully saturated rings. The SMILES string of the molecule is COC1(OC)C(Br)=CCON(Cc2ccccc2)[C@H]1[C@H]1OC(C)(C)O[C@H]1[C@H]1COC(C)(C)O1. The standard InChI is InChI=1S/C24H34BrNO7/c1-22(2)29-15-17(31-22)19-20(33-23(3,4)32-19)21-24(27-5,28-6)18(25)12-13-30-26(21)14-16-10-8-7-9-11-16/h7-12,17,19-21H,13-15H2,1-6H3/t17-,19+,20+,21+/m1/s1. The molecule has 33 heavy (non-hydrogen) atoms. The molecule has 0 bridgehead atoms. The van der Waals surface area contributed by atoms with E-state index in [9.17, 15) is 0 Å². The molecule has 0 aliphatic carbocycles. The van der Waals surface area contributed by atoms with Crippen LogP contribution in [-0.4, -0.2) is 74.2 Å². The molecular weight excluding hydrogens is 494 g/mol. The molecule has 0 radical (unpaired) electrons. The van der Waals surface area contributed by atoms with Crippen molar-refractivity contribution in [1.29, 1.82) is 0 Å². The van der Waals surface area contributed by atoms with E-state index in [4.69, 9.17) is 33.3 Å². The second kappa shape index (κ2) is 9.64. The van der Waals surface area contributed by atoms with Gasteiger partial charge in [0.05, 0.1) is 17.7 Å². The number of hydrogen-bond acceptors (Lipinski definition) is 8. The first kappa shape index (κ1) is 25.2. The summed E-state index contributed by atoms with van der Waals surface area (Å²) < 4.78 is 37.8. The fraction of sp³-hybridized carbons (Fsp3) is 0.667. The Morgan fingerprint density at radius 3 is 2.24 bits per heavy atom. The van der Waals surface area contributed by atoms with Crippen molar-refractivity contribution in [1.82, 2.24) is 5.06 Å². The molecule has 0 N–H and O–H groups in total. The summed E-state index contributed by atoms with van der Waals surface area (Å²) in [6, 6.07) is 9.56. The molecule has 2 saturated heterocycles. The zero-order valence-electron chi connectivity index (χ0n) is 20.1. The Bertz CT molecular complexity index is 842. The third-order valence-corrected chi connectivity index (χ3v) is 7.07. The van der Waals surface area contributed by atoms with Crippen LogP contribution in [0.25, 0.3) is 0 Å². The average molecular weight is 528 g/mol. The van der Waals surface area contributed by atoms with Crippen LogP contribution in [-0.2, 0) is 39.8 Å². The third-order valence-electron chi connectivity index (χ3n) is 6.19. The summed E-state index contributed by atoms with van der Waals surface area (Å²) in [7, 11) is 3.23. The van der Waals surface area contributed by atoms with Gasteiger partial charge in [-0.2, -0.15) is 5.06 Å². The van der Waals surface area contributed by atoms with Crippen LogP contribution in [0.1, 0.15) is 33.3 Å². The van der Waals surface area contributed by atoms with Crippen molar-refractivity contribution in [3.8, 4) is 0 Å². The summed E-state index contributed by atoms with van der Waals surface area (Å²) in [5.74, 6) is -2.75.